The zero-order chi connectivity index (χ0) is 15.4. The molecule has 0 bridgehead atoms. The van der Waals surface area contributed by atoms with Gasteiger partial charge in [0.05, 0.1) is 17.6 Å². The normalized spacial score (nSPS) is 12.2. The molecule has 112 valence electrons. The summed E-state index contributed by atoms with van der Waals surface area (Å²) >= 11 is 6.01. The lowest BCUT2D eigenvalue weighted by atomic mass is 9.97. The van der Waals surface area contributed by atoms with Crippen LogP contribution in [0.4, 0.5) is 0 Å². The molecule has 2 aromatic rings. The first-order valence-corrected chi connectivity index (χ1v) is 8.77. The predicted octanol–water partition coefficient (Wildman–Crippen LogP) is 5.07. The summed E-state index contributed by atoms with van der Waals surface area (Å²) in [7, 11) is 1.69. The van der Waals surface area contributed by atoms with Gasteiger partial charge >= 0.3 is 0 Å². The molecule has 0 heterocycles. The smallest absolute Gasteiger partial charge is 0.133 e. The van der Waals surface area contributed by atoms with Crippen LogP contribution in [0.2, 0.25) is 0 Å². The number of ether oxygens (including phenoxy) is 1. The topological polar surface area (TPSA) is 21.3 Å². The van der Waals surface area contributed by atoms with Crippen molar-refractivity contribution >= 4 is 38.5 Å². The minimum absolute atomic E-state index is 0.184. The molecule has 0 aromatic heterocycles. The van der Waals surface area contributed by atoms with Crippen LogP contribution in [0, 0.1) is 10.5 Å². The molecule has 2 nitrogen and oxygen atoms in total. The Bertz CT molecular complexity index is 630. The first-order chi connectivity index (χ1) is 10.1. The van der Waals surface area contributed by atoms with Gasteiger partial charge in [-0.05, 0) is 80.8 Å². The second kappa shape index (κ2) is 7.61. The predicted molar refractivity (Wildman–Crippen MR) is 100 cm³/mol. The number of rotatable bonds is 5. The Labute approximate surface area is 148 Å². The number of aryl methyl sites for hydroxylation is 1. The van der Waals surface area contributed by atoms with Gasteiger partial charge in [0.25, 0.3) is 0 Å². The Morgan fingerprint density at radius 2 is 2.05 bits per heavy atom. The molecule has 1 N–H and O–H groups in total. The Morgan fingerprint density at radius 3 is 2.67 bits per heavy atom. The van der Waals surface area contributed by atoms with E-state index in [1.54, 1.807) is 7.11 Å². The minimum Gasteiger partial charge on any atom is -0.496 e. The summed E-state index contributed by atoms with van der Waals surface area (Å²) in [5.41, 5.74) is 3.85. The molecule has 0 radical (unpaired) electrons. The van der Waals surface area contributed by atoms with Crippen LogP contribution in [0.25, 0.3) is 0 Å². The van der Waals surface area contributed by atoms with E-state index in [-0.39, 0.29) is 6.04 Å². The van der Waals surface area contributed by atoms with E-state index in [9.17, 15) is 0 Å². The molecule has 0 saturated carbocycles. The molecule has 1 atom stereocenters. The van der Waals surface area contributed by atoms with Crippen molar-refractivity contribution in [1.29, 1.82) is 0 Å². The highest BCUT2D eigenvalue weighted by molar-refractivity contribution is 14.1. The fourth-order valence-corrected chi connectivity index (χ4v) is 3.60. The maximum Gasteiger partial charge on any atom is 0.133 e. The van der Waals surface area contributed by atoms with Crippen LogP contribution in [0.1, 0.15) is 29.7 Å². The van der Waals surface area contributed by atoms with Gasteiger partial charge in [-0.1, -0.05) is 31.2 Å². The summed E-state index contributed by atoms with van der Waals surface area (Å²) in [6.45, 7) is 5.20. The molecule has 2 aromatic carbocycles. The van der Waals surface area contributed by atoms with E-state index >= 15 is 0 Å². The molecule has 0 amide bonds. The van der Waals surface area contributed by atoms with E-state index in [4.69, 9.17) is 4.74 Å². The average molecular weight is 460 g/mol. The van der Waals surface area contributed by atoms with Gasteiger partial charge in [0.2, 0.25) is 0 Å². The van der Waals surface area contributed by atoms with Gasteiger partial charge in [0.1, 0.15) is 5.75 Å². The highest BCUT2D eigenvalue weighted by atomic mass is 127. The Balaban J connectivity index is 2.48. The Morgan fingerprint density at radius 1 is 1.29 bits per heavy atom. The molecule has 4 heteroatoms. The third-order valence-corrected chi connectivity index (χ3v) is 5.54. The highest BCUT2D eigenvalue weighted by Gasteiger charge is 2.17. The van der Waals surface area contributed by atoms with Crippen LogP contribution in [0.5, 0.6) is 5.75 Å². The standard InChI is InChI=1S/C17H19BrINO/c1-4-20-17(13-7-5-6-11(2)16(13)19)12-8-9-15(21-3)14(18)10-12/h5-10,17,20H,4H2,1-3H3. The molecule has 0 saturated heterocycles. The van der Waals surface area contributed by atoms with Crippen molar-refractivity contribution < 1.29 is 4.74 Å². The summed E-state index contributed by atoms with van der Waals surface area (Å²) in [5, 5.41) is 3.58. The van der Waals surface area contributed by atoms with E-state index in [2.05, 4.69) is 88.0 Å². The SMILES string of the molecule is CCNC(c1ccc(OC)c(Br)c1)c1cccc(C)c1I. The van der Waals surface area contributed by atoms with Crippen LogP contribution >= 0.6 is 38.5 Å². The highest BCUT2D eigenvalue weighted by Crippen LogP contribution is 2.33. The lowest BCUT2D eigenvalue weighted by Crippen LogP contribution is -2.23. The quantitative estimate of drug-likeness (QED) is 0.630. The maximum atomic E-state index is 5.32. The lowest BCUT2D eigenvalue weighted by molar-refractivity contribution is 0.411. The van der Waals surface area contributed by atoms with Gasteiger partial charge in [-0.15, -0.1) is 0 Å². The lowest BCUT2D eigenvalue weighted by Gasteiger charge is -2.22. The number of halogens is 2. The van der Waals surface area contributed by atoms with Crippen molar-refractivity contribution in [2.24, 2.45) is 0 Å². The van der Waals surface area contributed by atoms with Crippen LogP contribution < -0.4 is 10.1 Å². The second-order valence-electron chi connectivity index (χ2n) is 4.86. The largest absolute Gasteiger partial charge is 0.496 e. The summed E-state index contributed by atoms with van der Waals surface area (Å²) in [5.74, 6) is 0.855. The summed E-state index contributed by atoms with van der Waals surface area (Å²) in [4.78, 5) is 0. The third kappa shape index (κ3) is 3.79. The van der Waals surface area contributed by atoms with Crippen LogP contribution in [-0.2, 0) is 0 Å². The van der Waals surface area contributed by atoms with Gasteiger partial charge in [-0.3, -0.25) is 0 Å². The van der Waals surface area contributed by atoms with Gasteiger partial charge in [0, 0.05) is 3.57 Å². The van der Waals surface area contributed by atoms with E-state index in [0.29, 0.717) is 0 Å². The second-order valence-corrected chi connectivity index (χ2v) is 6.80. The van der Waals surface area contributed by atoms with Crippen molar-refractivity contribution in [3.8, 4) is 5.75 Å². The maximum absolute atomic E-state index is 5.32. The van der Waals surface area contributed by atoms with E-state index in [1.807, 2.05) is 6.07 Å². The molecule has 21 heavy (non-hydrogen) atoms. The Kier molecular flexibility index (Phi) is 6.08. The van der Waals surface area contributed by atoms with Crippen molar-refractivity contribution in [3.63, 3.8) is 0 Å². The summed E-state index contributed by atoms with van der Waals surface area (Å²) in [6.07, 6.45) is 0. The number of hydrogen-bond donors (Lipinski definition) is 1. The molecule has 0 spiro atoms. The van der Waals surface area contributed by atoms with E-state index in [1.165, 1.54) is 20.3 Å². The molecule has 2 rings (SSSR count). The van der Waals surface area contributed by atoms with Gasteiger partial charge in [0.15, 0.2) is 0 Å². The average Bonchev–Trinajstić information content (AvgIpc) is 2.48. The first kappa shape index (κ1) is 16.8. The molecule has 0 aliphatic heterocycles. The third-order valence-electron chi connectivity index (χ3n) is 3.45. The fourth-order valence-electron chi connectivity index (χ4n) is 2.37. The van der Waals surface area contributed by atoms with Crippen molar-refractivity contribution in [1.82, 2.24) is 5.32 Å². The Hall–Kier alpha value is -0.590. The van der Waals surface area contributed by atoms with Crippen molar-refractivity contribution in [2.45, 2.75) is 19.9 Å². The minimum atomic E-state index is 0.184. The number of hydrogen-bond acceptors (Lipinski definition) is 2. The van der Waals surface area contributed by atoms with Crippen molar-refractivity contribution in [3.05, 3.63) is 61.1 Å². The van der Waals surface area contributed by atoms with Crippen LogP contribution in [0.3, 0.4) is 0 Å². The van der Waals surface area contributed by atoms with E-state index in [0.717, 1.165) is 16.8 Å². The molecule has 1 unspecified atom stereocenters. The van der Waals surface area contributed by atoms with Gasteiger partial charge < -0.3 is 10.1 Å². The van der Waals surface area contributed by atoms with E-state index < -0.39 is 0 Å². The monoisotopic (exact) mass is 459 g/mol. The molecular formula is C17H19BrINO. The first-order valence-electron chi connectivity index (χ1n) is 6.90. The van der Waals surface area contributed by atoms with Gasteiger partial charge in [-0.2, -0.15) is 0 Å². The summed E-state index contributed by atoms with van der Waals surface area (Å²) < 4.78 is 7.61. The molecule has 0 aliphatic rings. The molecule has 0 aliphatic carbocycles. The zero-order valence-electron chi connectivity index (χ0n) is 12.4. The number of benzene rings is 2. The summed E-state index contributed by atoms with van der Waals surface area (Å²) in [6, 6.07) is 12.9. The zero-order valence-corrected chi connectivity index (χ0v) is 16.2. The fraction of sp³-hybridized carbons (Fsp3) is 0.294. The van der Waals surface area contributed by atoms with Crippen molar-refractivity contribution in [2.75, 3.05) is 13.7 Å². The number of nitrogens with one attached hydrogen (secondary N) is 1. The molecule has 0 fully saturated rings. The van der Waals surface area contributed by atoms with Crippen LogP contribution in [0.15, 0.2) is 40.9 Å². The number of methoxy groups -OCH3 is 1. The molecular weight excluding hydrogens is 441 g/mol. The van der Waals surface area contributed by atoms with Crippen LogP contribution in [-0.4, -0.2) is 13.7 Å². The van der Waals surface area contributed by atoms with Gasteiger partial charge in [-0.25, -0.2) is 0 Å².